The molecular formula is C17H18BrNO4S. The number of carbonyl (C=O) groups excluding carboxylic acids is 1. The molecule has 0 aliphatic rings. The number of nitrogens with one attached hydrogen (secondary N) is 1. The second-order valence-electron chi connectivity index (χ2n) is 5.37. The average molecular weight is 412 g/mol. The van der Waals surface area contributed by atoms with Crippen molar-refractivity contribution >= 4 is 31.7 Å². The van der Waals surface area contributed by atoms with Crippen molar-refractivity contribution in [2.45, 2.75) is 17.9 Å². The second kappa shape index (κ2) is 7.81. The summed E-state index contributed by atoms with van der Waals surface area (Å²) < 4.78 is 29.2. The van der Waals surface area contributed by atoms with E-state index in [1.165, 1.54) is 12.1 Å². The molecule has 1 amide bonds. The Kier molecular flexibility index (Phi) is 6.01. The van der Waals surface area contributed by atoms with Crippen LogP contribution < -0.4 is 10.1 Å². The summed E-state index contributed by atoms with van der Waals surface area (Å²) in [6, 6.07) is 13.4. The number of halogens is 1. The van der Waals surface area contributed by atoms with Crippen molar-refractivity contribution < 1.29 is 17.9 Å². The number of hydrogen-bond donors (Lipinski definition) is 1. The SMILES string of the molecule is C[C@@H](NC(=O)COc1ccc(Br)cc1)c1ccc(S(C)(=O)=O)cc1. The van der Waals surface area contributed by atoms with E-state index in [4.69, 9.17) is 4.74 Å². The van der Waals surface area contributed by atoms with Gasteiger partial charge in [0.05, 0.1) is 10.9 Å². The van der Waals surface area contributed by atoms with Crippen molar-refractivity contribution in [1.82, 2.24) is 5.32 Å². The van der Waals surface area contributed by atoms with Gasteiger partial charge in [0, 0.05) is 10.7 Å². The van der Waals surface area contributed by atoms with Crippen LogP contribution in [-0.2, 0) is 14.6 Å². The van der Waals surface area contributed by atoms with Crippen molar-refractivity contribution in [3.8, 4) is 5.75 Å². The lowest BCUT2D eigenvalue weighted by Crippen LogP contribution is -2.31. The quantitative estimate of drug-likeness (QED) is 0.792. The van der Waals surface area contributed by atoms with E-state index in [0.29, 0.717) is 5.75 Å². The van der Waals surface area contributed by atoms with Crippen molar-refractivity contribution in [3.05, 3.63) is 58.6 Å². The zero-order valence-corrected chi connectivity index (χ0v) is 15.7. The molecule has 2 aromatic rings. The van der Waals surface area contributed by atoms with Gasteiger partial charge in [-0.3, -0.25) is 4.79 Å². The molecule has 0 spiro atoms. The molecule has 0 saturated carbocycles. The molecular weight excluding hydrogens is 394 g/mol. The molecule has 0 saturated heterocycles. The zero-order chi connectivity index (χ0) is 17.7. The number of benzene rings is 2. The molecule has 128 valence electrons. The van der Waals surface area contributed by atoms with Gasteiger partial charge in [-0.15, -0.1) is 0 Å². The Morgan fingerprint density at radius 2 is 1.71 bits per heavy atom. The highest BCUT2D eigenvalue weighted by molar-refractivity contribution is 9.10. The molecule has 7 heteroatoms. The van der Waals surface area contributed by atoms with Crippen molar-refractivity contribution in [3.63, 3.8) is 0 Å². The van der Waals surface area contributed by atoms with E-state index in [1.54, 1.807) is 24.3 Å². The fourth-order valence-corrected chi connectivity index (χ4v) is 2.94. The summed E-state index contributed by atoms with van der Waals surface area (Å²) >= 11 is 3.33. The van der Waals surface area contributed by atoms with Crippen molar-refractivity contribution in [2.24, 2.45) is 0 Å². The van der Waals surface area contributed by atoms with Gasteiger partial charge in [0.1, 0.15) is 5.75 Å². The highest BCUT2D eigenvalue weighted by atomic mass is 79.9. The van der Waals surface area contributed by atoms with Gasteiger partial charge in [-0.05, 0) is 48.9 Å². The lowest BCUT2D eigenvalue weighted by Gasteiger charge is -2.15. The third-order valence-corrected chi connectivity index (χ3v) is 5.03. The Morgan fingerprint density at radius 3 is 2.25 bits per heavy atom. The summed E-state index contributed by atoms with van der Waals surface area (Å²) in [4.78, 5) is 12.2. The molecule has 0 radical (unpaired) electrons. The molecule has 2 rings (SSSR count). The van der Waals surface area contributed by atoms with Crippen LogP contribution in [-0.4, -0.2) is 27.2 Å². The van der Waals surface area contributed by atoms with Crippen LogP contribution in [0, 0.1) is 0 Å². The fraction of sp³-hybridized carbons (Fsp3) is 0.235. The maximum absolute atomic E-state index is 12.0. The monoisotopic (exact) mass is 411 g/mol. The summed E-state index contributed by atoms with van der Waals surface area (Å²) in [7, 11) is -3.22. The van der Waals surface area contributed by atoms with Crippen LogP contribution in [0.1, 0.15) is 18.5 Å². The summed E-state index contributed by atoms with van der Waals surface area (Å²) in [5.41, 5.74) is 0.819. The summed E-state index contributed by atoms with van der Waals surface area (Å²) in [5.74, 6) is 0.358. The van der Waals surface area contributed by atoms with E-state index in [0.717, 1.165) is 16.3 Å². The topological polar surface area (TPSA) is 72.5 Å². The Balaban J connectivity index is 1.90. The maximum Gasteiger partial charge on any atom is 0.258 e. The van der Waals surface area contributed by atoms with Crippen molar-refractivity contribution in [2.75, 3.05) is 12.9 Å². The predicted octanol–water partition coefficient (Wildman–Crippen LogP) is 3.11. The van der Waals surface area contributed by atoms with Crippen molar-refractivity contribution in [1.29, 1.82) is 0 Å². The number of hydrogen-bond acceptors (Lipinski definition) is 4. The van der Waals surface area contributed by atoms with E-state index < -0.39 is 9.84 Å². The smallest absolute Gasteiger partial charge is 0.258 e. The van der Waals surface area contributed by atoms with E-state index >= 15 is 0 Å². The van der Waals surface area contributed by atoms with Crippen LogP contribution in [0.5, 0.6) is 5.75 Å². The van der Waals surface area contributed by atoms with Gasteiger partial charge in [-0.25, -0.2) is 8.42 Å². The summed E-state index contributed by atoms with van der Waals surface area (Å²) in [6.45, 7) is 1.74. The third kappa shape index (κ3) is 5.35. The van der Waals surface area contributed by atoms with E-state index in [-0.39, 0.29) is 23.5 Å². The molecule has 5 nitrogen and oxygen atoms in total. The zero-order valence-electron chi connectivity index (χ0n) is 13.3. The normalized spacial score (nSPS) is 12.5. The second-order valence-corrected chi connectivity index (χ2v) is 8.30. The summed E-state index contributed by atoms with van der Waals surface area (Å²) in [6.07, 6.45) is 1.16. The van der Waals surface area contributed by atoms with Gasteiger partial charge in [-0.1, -0.05) is 28.1 Å². The predicted molar refractivity (Wildman–Crippen MR) is 95.7 cm³/mol. The van der Waals surface area contributed by atoms with E-state index in [2.05, 4.69) is 21.2 Å². The van der Waals surface area contributed by atoms with Gasteiger partial charge in [0.25, 0.3) is 5.91 Å². The van der Waals surface area contributed by atoms with Crippen LogP contribution in [0.15, 0.2) is 57.9 Å². The van der Waals surface area contributed by atoms with Gasteiger partial charge < -0.3 is 10.1 Å². The number of carbonyl (C=O) groups is 1. The standard InChI is InChI=1S/C17H18BrNO4S/c1-12(13-3-9-16(10-4-13)24(2,21)22)19-17(20)11-23-15-7-5-14(18)6-8-15/h3-10,12H,11H2,1-2H3,(H,19,20)/t12-/m1/s1. The molecule has 0 aliphatic heterocycles. The molecule has 0 aliphatic carbocycles. The lowest BCUT2D eigenvalue weighted by atomic mass is 10.1. The minimum absolute atomic E-state index is 0.0899. The Labute approximate surface area is 150 Å². The maximum atomic E-state index is 12.0. The Hall–Kier alpha value is -1.86. The molecule has 0 bridgehead atoms. The molecule has 1 atom stereocenters. The molecule has 2 aromatic carbocycles. The van der Waals surface area contributed by atoms with Gasteiger partial charge >= 0.3 is 0 Å². The molecule has 24 heavy (non-hydrogen) atoms. The first-order chi connectivity index (χ1) is 11.3. The minimum atomic E-state index is -3.22. The fourth-order valence-electron chi connectivity index (χ4n) is 2.05. The first-order valence-corrected chi connectivity index (χ1v) is 9.92. The van der Waals surface area contributed by atoms with Crippen LogP contribution >= 0.6 is 15.9 Å². The molecule has 0 heterocycles. The average Bonchev–Trinajstić information content (AvgIpc) is 2.53. The lowest BCUT2D eigenvalue weighted by molar-refractivity contribution is -0.123. The number of sulfone groups is 1. The van der Waals surface area contributed by atoms with Crippen LogP contribution in [0.4, 0.5) is 0 Å². The van der Waals surface area contributed by atoms with Gasteiger partial charge in [0.15, 0.2) is 16.4 Å². The number of amides is 1. The van der Waals surface area contributed by atoms with E-state index in [9.17, 15) is 13.2 Å². The van der Waals surface area contributed by atoms with E-state index in [1.807, 2.05) is 19.1 Å². The first kappa shape index (κ1) is 18.5. The van der Waals surface area contributed by atoms with Crippen LogP contribution in [0.2, 0.25) is 0 Å². The van der Waals surface area contributed by atoms with Gasteiger partial charge in [0.2, 0.25) is 0 Å². The highest BCUT2D eigenvalue weighted by Crippen LogP contribution is 2.17. The highest BCUT2D eigenvalue weighted by Gasteiger charge is 2.12. The number of rotatable bonds is 6. The van der Waals surface area contributed by atoms with Crippen LogP contribution in [0.25, 0.3) is 0 Å². The largest absolute Gasteiger partial charge is 0.484 e. The minimum Gasteiger partial charge on any atom is -0.484 e. The summed E-state index contributed by atoms with van der Waals surface area (Å²) in [5, 5.41) is 2.81. The first-order valence-electron chi connectivity index (χ1n) is 7.23. The number of ether oxygens (including phenoxy) is 1. The third-order valence-electron chi connectivity index (χ3n) is 3.37. The molecule has 1 N–H and O–H groups in total. The van der Waals surface area contributed by atoms with Gasteiger partial charge in [-0.2, -0.15) is 0 Å². The van der Waals surface area contributed by atoms with Crippen LogP contribution in [0.3, 0.4) is 0 Å². The molecule has 0 unspecified atom stereocenters. The molecule has 0 fully saturated rings. The Bertz CT molecular complexity index is 801. The molecule has 0 aromatic heterocycles. The Morgan fingerprint density at radius 1 is 1.12 bits per heavy atom.